The van der Waals surface area contributed by atoms with E-state index in [-0.39, 0.29) is 5.92 Å². The Balaban J connectivity index is 1.16. The SMILES string of the molecule is C1=CC(c2nc(-c3ccccc3)c3ccccc3n2)CC2=C1c1ccccc1C21c2ccccc2-c2c1ccc1c2oc2ccccc21. The summed E-state index contributed by atoms with van der Waals surface area (Å²) in [7, 11) is 0. The Kier molecular flexibility index (Phi) is 5.15. The topological polar surface area (TPSA) is 38.9 Å². The predicted molar refractivity (Wildman–Crippen MR) is 194 cm³/mol. The quantitative estimate of drug-likeness (QED) is 0.195. The minimum atomic E-state index is -0.437. The third-order valence-corrected chi connectivity index (χ3v) is 10.9. The van der Waals surface area contributed by atoms with Crippen LogP contribution in [0.4, 0.5) is 0 Å². The Morgan fingerprint density at radius 2 is 1.29 bits per heavy atom. The van der Waals surface area contributed by atoms with Gasteiger partial charge in [0.1, 0.15) is 17.0 Å². The number of aromatic nitrogens is 2. The Hall–Kier alpha value is -6.06. The molecular formula is C45H28N2O. The number of rotatable bonds is 2. The van der Waals surface area contributed by atoms with Crippen molar-refractivity contribution in [3.05, 3.63) is 185 Å². The molecule has 0 fully saturated rings. The van der Waals surface area contributed by atoms with Crippen LogP contribution in [0.15, 0.2) is 162 Å². The molecule has 8 aromatic rings. The van der Waals surface area contributed by atoms with Crippen LogP contribution in [-0.2, 0) is 5.41 Å². The molecule has 3 aliphatic rings. The van der Waals surface area contributed by atoms with Crippen molar-refractivity contribution in [1.82, 2.24) is 9.97 Å². The molecule has 224 valence electrons. The molecule has 6 aromatic carbocycles. The number of benzene rings is 6. The zero-order chi connectivity index (χ0) is 31.4. The largest absolute Gasteiger partial charge is 0.455 e. The number of para-hydroxylation sites is 2. The smallest absolute Gasteiger partial charge is 0.143 e. The van der Waals surface area contributed by atoms with Crippen LogP contribution in [0.1, 0.15) is 40.4 Å². The number of nitrogens with zero attached hydrogens (tertiary/aromatic N) is 2. The van der Waals surface area contributed by atoms with E-state index in [2.05, 4.69) is 152 Å². The Labute approximate surface area is 277 Å². The standard InChI is InChI=1S/C45H28N2O/c1-2-12-27(13-3-1)42-34-17-6-10-20-39(34)46-44(47-42)28-22-23-30-29-14-4-8-18-35(29)45(38(30)26-28)36-19-9-5-16-33(36)41-37(45)25-24-32-31-15-7-11-21-40(31)48-43(32)41/h1-25,28H,26H2. The summed E-state index contributed by atoms with van der Waals surface area (Å²) in [5, 5.41) is 3.39. The van der Waals surface area contributed by atoms with E-state index in [0.717, 1.165) is 56.3 Å². The van der Waals surface area contributed by atoms with Crippen LogP contribution in [0.3, 0.4) is 0 Å². The molecule has 0 saturated heterocycles. The van der Waals surface area contributed by atoms with Crippen molar-refractivity contribution in [2.24, 2.45) is 0 Å². The van der Waals surface area contributed by atoms with Gasteiger partial charge in [-0.1, -0.05) is 140 Å². The van der Waals surface area contributed by atoms with Crippen LogP contribution in [0.2, 0.25) is 0 Å². The van der Waals surface area contributed by atoms with E-state index in [1.54, 1.807) is 0 Å². The molecule has 2 atom stereocenters. The van der Waals surface area contributed by atoms with Gasteiger partial charge in [0, 0.05) is 33.2 Å². The molecule has 3 heteroatoms. The molecule has 48 heavy (non-hydrogen) atoms. The Morgan fingerprint density at radius 3 is 2.17 bits per heavy atom. The van der Waals surface area contributed by atoms with Gasteiger partial charge in [-0.25, -0.2) is 9.97 Å². The van der Waals surface area contributed by atoms with Crippen LogP contribution in [0.25, 0.3) is 60.8 Å². The fourth-order valence-corrected chi connectivity index (χ4v) is 8.94. The van der Waals surface area contributed by atoms with E-state index in [9.17, 15) is 0 Å². The maximum absolute atomic E-state index is 6.72. The zero-order valence-corrected chi connectivity index (χ0v) is 26.0. The maximum atomic E-state index is 6.72. The lowest BCUT2D eigenvalue weighted by atomic mass is 9.67. The highest BCUT2D eigenvalue weighted by Crippen LogP contribution is 2.65. The summed E-state index contributed by atoms with van der Waals surface area (Å²) >= 11 is 0. The molecule has 3 nitrogen and oxygen atoms in total. The fourth-order valence-electron chi connectivity index (χ4n) is 8.94. The monoisotopic (exact) mass is 612 g/mol. The molecule has 0 N–H and O–H groups in total. The first-order chi connectivity index (χ1) is 23.8. The number of allylic oxidation sites excluding steroid dienone is 4. The summed E-state index contributed by atoms with van der Waals surface area (Å²) in [5.41, 5.74) is 15.0. The van der Waals surface area contributed by atoms with Crippen LogP contribution in [0.5, 0.6) is 0 Å². The van der Waals surface area contributed by atoms with Gasteiger partial charge in [-0.3, -0.25) is 0 Å². The second kappa shape index (κ2) is 9.49. The summed E-state index contributed by atoms with van der Waals surface area (Å²) in [6.07, 6.45) is 5.49. The summed E-state index contributed by atoms with van der Waals surface area (Å²) in [6.45, 7) is 0. The second-order valence-corrected chi connectivity index (χ2v) is 13.2. The number of hydrogen-bond acceptors (Lipinski definition) is 3. The van der Waals surface area contributed by atoms with Gasteiger partial charge in [0.2, 0.25) is 0 Å². The zero-order valence-electron chi connectivity index (χ0n) is 26.0. The Bertz CT molecular complexity index is 2710. The third kappa shape index (κ3) is 3.28. The van der Waals surface area contributed by atoms with Crippen LogP contribution < -0.4 is 0 Å². The van der Waals surface area contributed by atoms with Crippen molar-refractivity contribution in [3.63, 3.8) is 0 Å². The molecular weight excluding hydrogens is 585 g/mol. The Morgan fingerprint density at radius 1 is 0.583 bits per heavy atom. The van der Waals surface area contributed by atoms with E-state index in [4.69, 9.17) is 14.4 Å². The minimum Gasteiger partial charge on any atom is -0.455 e. The van der Waals surface area contributed by atoms with E-state index >= 15 is 0 Å². The number of fused-ring (bicyclic) bond motifs is 14. The highest BCUT2D eigenvalue weighted by Gasteiger charge is 2.54. The lowest BCUT2D eigenvalue weighted by Gasteiger charge is -2.34. The van der Waals surface area contributed by atoms with Gasteiger partial charge in [-0.2, -0.15) is 0 Å². The first-order valence-electron chi connectivity index (χ1n) is 16.7. The highest BCUT2D eigenvalue weighted by molar-refractivity contribution is 6.13. The third-order valence-electron chi connectivity index (χ3n) is 10.9. The van der Waals surface area contributed by atoms with Gasteiger partial charge < -0.3 is 4.42 Å². The molecule has 0 aliphatic heterocycles. The maximum Gasteiger partial charge on any atom is 0.143 e. The molecule has 0 bridgehead atoms. The highest BCUT2D eigenvalue weighted by atomic mass is 16.3. The molecule has 1 spiro atoms. The van der Waals surface area contributed by atoms with Gasteiger partial charge in [-0.05, 0) is 57.5 Å². The lowest BCUT2D eigenvalue weighted by molar-refractivity contribution is 0.656. The van der Waals surface area contributed by atoms with Gasteiger partial charge in [0.05, 0.1) is 16.6 Å². The van der Waals surface area contributed by atoms with Gasteiger partial charge in [0.15, 0.2) is 0 Å². The first kappa shape index (κ1) is 26.1. The number of hydrogen-bond donors (Lipinski definition) is 0. The fraction of sp³-hybridized carbons (Fsp3) is 0.0667. The normalized spacial score (nSPS) is 18.9. The minimum absolute atomic E-state index is 0.0214. The number of furan rings is 1. The first-order valence-corrected chi connectivity index (χ1v) is 16.7. The molecule has 3 aliphatic carbocycles. The predicted octanol–water partition coefficient (Wildman–Crippen LogP) is 11.0. The second-order valence-electron chi connectivity index (χ2n) is 13.2. The molecule has 2 heterocycles. The average Bonchev–Trinajstić information content (AvgIpc) is 3.78. The van der Waals surface area contributed by atoms with E-state index in [0.29, 0.717) is 0 Å². The van der Waals surface area contributed by atoms with E-state index in [1.807, 2.05) is 0 Å². The van der Waals surface area contributed by atoms with Gasteiger partial charge >= 0.3 is 0 Å². The van der Waals surface area contributed by atoms with Gasteiger partial charge in [0.25, 0.3) is 0 Å². The molecule has 11 rings (SSSR count). The van der Waals surface area contributed by atoms with Crippen molar-refractivity contribution in [2.75, 3.05) is 0 Å². The molecule has 0 radical (unpaired) electrons. The molecule has 2 aromatic heterocycles. The van der Waals surface area contributed by atoms with Crippen molar-refractivity contribution in [3.8, 4) is 22.4 Å². The summed E-state index contributed by atoms with van der Waals surface area (Å²) in [5.74, 6) is 0.883. The van der Waals surface area contributed by atoms with Crippen molar-refractivity contribution < 1.29 is 4.42 Å². The summed E-state index contributed by atoms with van der Waals surface area (Å²) in [4.78, 5) is 10.5. The van der Waals surface area contributed by atoms with Crippen LogP contribution >= 0.6 is 0 Å². The lowest BCUT2D eigenvalue weighted by Crippen LogP contribution is -2.29. The molecule has 0 amide bonds. The summed E-state index contributed by atoms with van der Waals surface area (Å²) in [6, 6.07) is 49.9. The molecule has 0 saturated carbocycles. The van der Waals surface area contributed by atoms with Crippen LogP contribution in [0, 0.1) is 0 Å². The summed E-state index contributed by atoms with van der Waals surface area (Å²) < 4.78 is 6.72. The van der Waals surface area contributed by atoms with Crippen molar-refractivity contribution in [1.29, 1.82) is 0 Å². The average molecular weight is 613 g/mol. The molecule has 2 unspecified atom stereocenters. The van der Waals surface area contributed by atoms with Crippen LogP contribution in [-0.4, -0.2) is 9.97 Å². The van der Waals surface area contributed by atoms with Crippen molar-refractivity contribution in [2.45, 2.75) is 17.8 Å². The van der Waals surface area contributed by atoms with E-state index < -0.39 is 5.41 Å². The van der Waals surface area contributed by atoms with E-state index in [1.165, 1.54) is 44.5 Å². The van der Waals surface area contributed by atoms with Crippen molar-refractivity contribution >= 4 is 38.4 Å². The van der Waals surface area contributed by atoms with Gasteiger partial charge in [-0.15, -0.1) is 0 Å².